The SMILES string of the molecule is COc1ccc(OC)c(NC(=O)c2ccccc2N2C(=O)[C@@H]3[C@@H](C2=O)[C@H]2C=C(C)[C@H]3C2)c1. The van der Waals surface area contributed by atoms with Gasteiger partial charge in [-0.2, -0.15) is 0 Å². The number of hydrogen-bond donors (Lipinski definition) is 1. The van der Waals surface area contributed by atoms with Crippen molar-refractivity contribution in [3.8, 4) is 11.5 Å². The summed E-state index contributed by atoms with van der Waals surface area (Å²) in [4.78, 5) is 41.1. The fourth-order valence-electron chi connectivity index (χ4n) is 5.47. The van der Waals surface area contributed by atoms with Crippen molar-refractivity contribution in [2.24, 2.45) is 23.7 Å². The summed E-state index contributed by atoms with van der Waals surface area (Å²) in [6.07, 6.45) is 3.00. The van der Waals surface area contributed by atoms with Crippen molar-refractivity contribution in [2.75, 3.05) is 24.4 Å². The highest BCUT2D eigenvalue weighted by Crippen LogP contribution is 2.56. The fourth-order valence-corrected chi connectivity index (χ4v) is 5.47. The highest BCUT2D eigenvalue weighted by atomic mass is 16.5. The molecule has 2 bridgehead atoms. The molecule has 7 nitrogen and oxygen atoms in total. The Kier molecular flexibility index (Phi) is 4.77. The van der Waals surface area contributed by atoms with Crippen molar-refractivity contribution in [3.63, 3.8) is 0 Å². The summed E-state index contributed by atoms with van der Waals surface area (Å²) in [5.74, 6) is -0.264. The maximum absolute atomic E-state index is 13.4. The highest BCUT2D eigenvalue weighted by Gasteiger charge is 2.61. The first kappa shape index (κ1) is 20.3. The van der Waals surface area contributed by atoms with Crippen LogP contribution in [-0.2, 0) is 9.59 Å². The van der Waals surface area contributed by atoms with E-state index in [9.17, 15) is 14.4 Å². The van der Waals surface area contributed by atoms with E-state index in [-0.39, 0.29) is 41.0 Å². The summed E-state index contributed by atoms with van der Waals surface area (Å²) in [7, 11) is 3.05. The summed E-state index contributed by atoms with van der Waals surface area (Å²) in [6.45, 7) is 2.03. The van der Waals surface area contributed by atoms with Gasteiger partial charge in [-0.15, -0.1) is 0 Å². The van der Waals surface area contributed by atoms with E-state index in [1.165, 1.54) is 24.7 Å². The minimum absolute atomic E-state index is 0.105. The second kappa shape index (κ2) is 7.51. The third-order valence-electron chi connectivity index (χ3n) is 6.93. The Bertz CT molecular complexity index is 1170. The quantitative estimate of drug-likeness (QED) is 0.576. The summed E-state index contributed by atoms with van der Waals surface area (Å²) >= 11 is 0. The Balaban J connectivity index is 1.48. The van der Waals surface area contributed by atoms with Gasteiger partial charge in [-0.3, -0.25) is 14.4 Å². The molecule has 3 aliphatic rings. The van der Waals surface area contributed by atoms with Crippen molar-refractivity contribution >= 4 is 29.1 Å². The molecule has 164 valence electrons. The van der Waals surface area contributed by atoms with Gasteiger partial charge in [0.15, 0.2) is 0 Å². The minimum Gasteiger partial charge on any atom is -0.497 e. The van der Waals surface area contributed by atoms with Gasteiger partial charge in [0.05, 0.1) is 43.0 Å². The van der Waals surface area contributed by atoms with E-state index in [1.807, 2.05) is 6.92 Å². The van der Waals surface area contributed by atoms with E-state index < -0.39 is 5.91 Å². The molecule has 2 fully saturated rings. The summed E-state index contributed by atoms with van der Waals surface area (Å²) in [5.41, 5.74) is 2.18. The third-order valence-corrected chi connectivity index (χ3v) is 6.93. The number of para-hydroxylation sites is 1. The molecular weight excluding hydrogens is 408 g/mol. The van der Waals surface area contributed by atoms with Gasteiger partial charge in [0.25, 0.3) is 5.91 Å². The lowest BCUT2D eigenvalue weighted by Crippen LogP contribution is -2.34. The molecule has 0 spiro atoms. The van der Waals surface area contributed by atoms with Crippen LogP contribution in [0.3, 0.4) is 0 Å². The van der Waals surface area contributed by atoms with Crippen molar-refractivity contribution in [2.45, 2.75) is 13.3 Å². The molecule has 0 unspecified atom stereocenters. The van der Waals surface area contributed by atoms with Crippen molar-refractivity contribution in [1.29, 1.82) is 0 Å². The number of allylic oxidation sites excluding steroid dienone is 2. The van der Waals surface area contributed by atoms with Crippen LogP contribution in [0.2, 0.25) is 0 Å². The number of nitrogens with zero attached hydrogens (tertiary/aromatic N) is 1. The molecule has 0 radical (unpaired) electrons. The summed E-state index contributed by atoms with van der Waals surface area (Å²) < 4.78 is 10.6. The fraction of sp³-hybridized carbons (Fsp3) is 0.320. The van der Waals surface area contributed by atoms with Crippen LogP contribution >= 0.6 is 0 Å². The van der Waals surface area contributed by atoms with Crippen LogP contribution in [0, 0.1) is 23.7 Å². The first-order valence-electron chi connectivity index (χ1n) is 10.6. The number of rotatable bonds is 5. The largest absolute Gasteiger partial charge is 0.497 e. The molecule has 1 aliphatic heterocycles. The Hall–Kier alpha value is -3.61. The zero-order valence-electron chi connectivity index (χ0n) is 18.1. The molecule has 0 aromatic heterocycles. The van der Waals surface area contributed by atoms with Crippen molar-refractivity contribution < 1.29 is 23.9 Å². The lowest BCUT2D eigenvalue weighted by Gasteiger charge is -2.21. The average Bonchev–Trinajstić information content (AvgIpc) is 3.43. The molecule has 4 atom stereocenters. The second-order valence-electron chi connectivity index (χ2n) is 8.52. The molecule has 2 aromatic rings. The number of fused-ring (bicyclic) bond motifs is 5. The molecule has 7 heteroatoms. The molecule has 1 heterocycles. The molecule has 3 amide bonds. The molecule has 2 aliphatic carbocycles. The van der Waals surface area contributed by atoms with Gasteiger partial charge in [-0.05, 0) is 49.4 Å². The van der Waals surface area contributed by atoms with Crippen LogP contribution in [0.5, 0.6) is 11.5 Å². The van der Waals surface area contributed by atoms with Gasteiger partial charge < -0.3 is 14.8 Å². The van der Waals surface area contributed by atoms with Gasteiger partial charge in [-0.25, -0.2) is 4.90 Å². The lowest BCUT2D eigenvalue weighted by atomic mass is 9.82. The van der Waals surface area contributed by atoms with Crippen LogP contribution < -0.4 is 19.7 Å². The molecule has 32 heavy (non-hydrogen) atoms. The predicted molar refractivity (Wildman–Crippen MR) is 119 cm³/mol. The summed E-state index contributed by atoms with van der Waals surface area (Å²) in [6, 6.07) is 11.8. The molecule has 5 rings (SSSR count). The predicted octanol–water partition coefficient (Wildman–Crippen LogP) is 3.66. The van der Waals surface area contributed by atoms with Crippen molar-refractivity contribution in [1.82, 2.24) is 0 Å². The maximum Gasteiger partial charge on any atom is 0.257 e. The van der Waals surface area contributed by atoms with Crippen LogP contribution in [0.4, 0.5) is 11.4 Å². The number of methoxy groups -OCH3 is 2. The molecule has 1 saturated carbocycles. The number of anilines is 2. The van der Waals surface area contributed by atoms with Crippen LogP contribution in [0.25, 0.3) is 0 Å². The first-order chi connectivity index (χ1) is 15.4. The van der Waals surface area contributed by atoms with E-state index in [4.69, 9.17) is 9.47 Å². The first-order valence-corrected chi connectivity index (χ1v) is 10.6. The van der Waals surface area contributed by atoms with Crippen LogP contribution in [0.15, 0.2) is 54.1 Å². The number of carbonyl (C=O) groups is 3. The summed E-state index contributed by atoms with van der Waals surface area (Å²) in [5, 5.41) is 2.83. The Morgan fingerprint density at radius 2 is 1.78 bits per heavy atom. The molecule has 2 aromatic carbocycles. The maximum atomic E-state index is 13.4. The number of imide groups is 1. The Labute approximate surface area is 186 Å². The van der Waals surface area contributed by atoms with E-state index >= 15 is 0 Å². The van der Waals surface area contributed by atoms with E-state index in [0.29, 0.717) is 22.9 Å². The topological polar surface area (TPSA) is 84.9 Å². The monoisotopic (exact) mass is 432 g/mol. The average molecular weight is 432 g/mol. The van der Waals surface area contributed by atoms with Gasteiger partial charge in [0.1, 0.15) is 11.5 Å². The zero-order chi connectivity index (χ0) is 22.6. The number of amides is 3. The Morgan fingerprint density at radius 3 is 2.53 bits per heavy atom. The van der Waals surface area contributed by atoms with Gasteiger partial charge >= 0.3 is 0 Å². The number of hydrogen-bond acceptors (Lipinski definition) is 5. The van der Waals surface area contributed by atoms with Gasteiger partial charge in [0, 0.05) is 6.07 Å². The number of carbonyl (C=O) groups excluding carboxylic acids is 3. The van der Waals surface area contributed by atoms with Crippen LogP contribution in [-0.4, -0.2) is 31.9 Å². The minimum atomic E-state index is -0.443. The number of benzene rings is 2. The Morgan fingerprint density at radius 1 is 1.03 bits per heavy atom. The third kappa shape index (κ3) is 2.92. The van der Waals surface area contributed by atoms with E-state index in [2.05, 4.69) is 11.4 Å². The molecule has 1 N–H and O–H groups in total. The number of ether oxygens (including phenoxy) is 2. The smallest absolute Gasteiger partial charge is 0.257 e. The standard InChI is InChI=1S/C25H24N2O5/c1-13-10-14-11-17(13)22-21(14)24(29)27(25(22)30)19-7-5-4-6-16(19)23(28)26-18-12-15(31-2)8-9-20(18)32-3/h4-10,12,14,17,21-22H,11H2,1-3H3,(H,26,28)/t14-,17+,21-,22-/m0/s1. The second-order valence-corrected chi connectivity index (χ2v) is 8.52. The highest BCUT2D eigenvalue weighted by molar-refractivity contribution is 6.25. The van der Waals surface area contributed by atoms with E-state index in [1.54, 1.807) is 42.5 Å². The van der Waals surface area contributed by atoms with Crippen LogP contribution in [0.1, 0.15) is 23.7 Å². The van der Waals surface area contributed by atoms with Crippen molar-refractivity contribution in [3.05, 3.63) is 59.7 Å². The molecule has 1 saturated heterocycles. The van der Waals surface area contributed by atoms with Gasteiger partial charge in [-0.1, -0.05) is 23.8 Å². The normalized spacial score (nSPS) is 25.6. The zero-order valence-corrected chi connectivity index (χ0v) is 18.1. The van der Waals surface area contributed by atoms with Gasteiger partial charge in [0.2, 0.25) is 11.8 Å². The lowest BCUT2D eigenvalue weighted by molar-refractivity contribution is -0.123. The molecular formula is C25H24N2O5. The van der Waals surface area contributed by atoms with E-state index in [0.717, 1.165) is 6.42 Å². The number of nitrogens with one attached hydrogen (secondary N) is 1.